The van der Waals surface area contributed by atoms with Gasteiger partial charge in [-0.1, -0.05) is 50.1 Å². The van der Waals surface area contributed by atoms with E-state index in [-0.39, 0.29) is 30.0 Å². The number of Topliss-reactive ketones (excluding diaryl/α,β-unsaturated/α-hetero) is 1. The zero-order valence-electron chi connectivity index (χ0n) is 17.2. The number of hydrogen-bond acceptors (Lipinski definition) is 4. The van der Waals surface area contributed by atoms with Crippen molar-refractivity contribution in [2.75, 3.05) is 6.61 Å². The lowest BCUT2D eigenvalue weighted by Gasteiger charge is -2.27. The average Bonchev–Trinajstić information content (AvgIpc) is 3.49. The van der Waals surface area contributed by atoms with Crippen LogP contribution in [-0.2, 0) is 9.59 Å². The predicted molar refractivity (Wildman–Crippen MR) is 112 cm³/mol. The highest BCUT2D eigenvalue weighted by Gasteiger charge is 2.42. The molecule has 156 valence electrons. The Bertz CT molecular complexity index is 600. The quantitative estimate of drug-likeness (QED) is 0.343. The Balaban J connectivity index is 1.79. The molecule has 2 N–H and O–H groups in total. The molecule has 0 aliphatic heterocycles. The summed E-state index contributed by atoms with van der Waals surface area (Å²) in [5.74, 6) is 0.525. The van der Waals surface area contributed by atoms with Gasteiger partial charge in [0.25, 0.3) is 0 Å². The molecular weight excluding hydrogens is 352 g/mol. The Kier molecular flexibility index (Phi) is 9.33. The normalized spacial score (nSPS) is 24.5. The van der Waals surface area contributed by atoms with Crippen molar-refractivity contribution in [2.45, 2.75) is 76.7 Å². The SMILES string of the molecule is CCCCC(O)(C/C=C/[C@H]1C=CC(=O)[C@@H]1C/C=C\CCCC(=O)CO)C1CC1. The molecule has 28 heavy (non-hydrogen) atoms. The lowest BCUT2D eigenvalue weighted by atomic mass is 9.86. The van der Waals surface area contributed by atoms with Gasteiger partial charge in [-0.05, 0) is 56.9 Å². The molecule has 0 heterocycles. The van der Waals surface area contributed by atoms with Crippen LogP contribution in [-0.4, -0.2) is 34.0 Å². The van der Waals surface area contributed by atoms with Gasteiger partial charge in [0.2, 0.25) is 0 Å². The van der Waals surface area contributed by atoms with Crippen LogP contribution >= 0.6 is 0 Å². The molecule has 1 unspecified atom stereocenters. The highest BCUT2D eigenvalue weighted by molar-refractivity contribution is 5.95. The standard InChI is InChI=1S/C24H36O4/c1-2-3-16-24(28,20-13-14-20)17-8-9-19-12-15-23(27)22(19)11-7-5-4-6-10-21(26)18-25/h5,7-9,12,15,19-20,22,25,28H,2-4,6,10-11,13-14,16-18H2,1H3/b7-5-,9-8+/t19-,22+,24?/m0/s1. The van der Waals surface area contributed by atoms with Gasteiger partial charge < -0.3 is 10.2 Å². The van der Waals surface area contributed by atoms with E-state index in [4.69, 9.17) is 5.11 Å². The molecule has 0 saturated heterocycles. The summed E-state index contributed by atoms with van der Waals surface area (Å²) in [5.41, 5.74) is -0.569. The summed E-state index contributed by atoms with van der Waals surface area (Å²) in [6.07, 6.45) is 20.4. The number of carbonyl (C=O) groups is 2. The largest absolute Gasteiger partial charge is 0.389 e. The summed E-state index contributed by atoms with van der Waals surface area (Å²) in [6.45, 7) is 1.77. The molecule has 0 radical (unpaired) electrons. The Morgan fingerprint density at radius 3 is 2.71 bits per heavy atom. The van der Waals surface area contributed by atoms with Gasteiger partial charge in [-0.25, -0.2) is 0 Å². The Morgan fingerprint density at radius 2 is 2.04 bits per heavy atom. The first-order valence-electron chi connectivity index (χ1n) is 10.9. The van der Waals surface area contributed by atoms with Crippen molar-refractivity contribution >= 4 is 11.6 Å². The molecule has 2 rings (SSSR count). The number of rotatable bonds is 14. The van der Waals surface area contributed by atoms with E-state index < -0.39 is 5.60 Å². The molecule has 4 nitrogen and oxygen atoms in total. The van der Waals surface area contributed by atoms with Crippen LogP contribution in [0.3, 0.4) is 0 Å². The summed E-state index contributed by atoms with van der Waals surface area (Å²) in [6, 6.07) is 0. The van der Waals surface area contributed by atoms with Gasteiger partial charge in [-0.3, -0.25) is 9.59 Å². The minimum absolute atomic E-state index is 0.0590. The molecule has 3 atom stereocenters. The summed E-state index contributed by atoms with van der Waals surface area (Å²) in [5, 5.41) is 19.7. The third-order valence-electron chi connectivity index (χ3n) is 6.00. The molecule has 0 aromatic rings. The first-order valence-corrected chi connectivity index (χ1v) is 10.9. The van der Waals surface area contributed by atoms with E-state index in [1.165, 1.54) is 0 Å². The lowest BCUT2D eigenvalue weighted by molar-refractivity contribution is -0.121. The van der Waals surface area contributed by atoms with Crippen LogP contribution < -0.4 is 0 Å². The summed E-state index contributed by atoms with van der Waals surface area (Å²) >= 11 is 0. The average molecular weight is 389 g/mol. The van der Waals surface area contributed by atoms with Crippen molar-refractivity contribution < 1.29 is 19.8 Å². The number of ketones is 2. The summed E-state index contributed by atoms with van der Waals surface area (Å²) < 4.78 is 0. The van der Waals surface area contributed by atoms with Crippen molar-refractivity contribution in [3.8, 4) is 0 Å². The van der Waals surface area contributed by atoms with E-state index >= 15 is 0 Å². The van der Waals surface area contributed by atoms with Gasteiger partial charge in [0.15, 0.2) is 11.6 Å². The van der Waals surface area contributed by atoms with Crippen LogP contribution in [0, 0.1) is 17.8 Å². The third kappa shape index (κ3) is 7.14. The van der Waals surface area contributed by atoms with E-state index in [2.05, 4.69) is 19.1 Å². The summed E-state index contributed by atoms with van der Waals surface area (Å²) in [7, 11) is 0. The van der Waals surface area contributed by atoms with Crippen molar-refractivity contribution in [2.24, 2.45) is 17.8 Å². The number of carbonyl (C=O) groups excluding carboxylic acids is 2. The van der Waals surface area contributed by atoms with Gasteiger partial charge in [0.05, 0.1) is 5.60 Å². The van der Waals surface area contributed by atoms with Gasteiger partial charge in [-0.15, -0.1) is 0 Å². The van der Waals surface area contributed by atoms with Gasteiger partial charge >= 0.3 is 0 Å². The molecular formula is C24H36O4. The first-order chi connectivity index (χ1) is 13.5. The second-order valence-electron chi connectivity index (χ2n) is 8.36. The maximum atomic E-state index is 12.2. The monoisotopic (exact) mass is 388 g/mol. The first kappa shape index (κ1) is 22.8. The molecule has 1 fully saturated rings. The second kappa shape index (κ2) is 11.5. The highest BCUT2D eigenvalue weighted by atomic mass is 16.3. The van der Waals surface area contributed by atoms with Crippen molar-refractivity contribution in [1.29, 1.82) is 0 Å². The van der Waals surface area contributed by atoms with Crippen LogP contribution in [0.5, 0.6) is 0 Å². The van der Waals surface area contributed by atoms with Gasteiger partial charge in [0.1, 0.15) is 6.61 Å². The van der Waals surface area contributed by atoms with E-state index in [9.17, 15) is 14.7 Å². The summed E-state index contributed by atoms with van der Waals surface area (Å²) in [4.78, 5) is 23.2. The number of allylic oxidation sites excluding steroid dienone is 5. The fourth-order valence-corrected chi connectivity index (χ4v) is 3.99. The lowest BCUT2D eigenvalue weighted by Crippen LogP contribution is -2.30. The van der Waals surface area contributed by atoms with E-state index in [1.54, 1.807) is 6.08 Å². The van der Waals surface area contributed by atoms with Crippen LogP contribution in [0.4, 0.5) is 0 Å². The number of aliphatic hydroxyl groups is 2. The number of unbranched alkanes of at least 4 members (excludes halogenated alkanes) is 2. The smallest absolute Gasteiger partial charge is 0.159 e. The Labute approximate surface area is 169 Å². The van der Waals surface area contributed by atoms with Gasteiger partial charge in [0, 0.05) is 18.3 Å². The van der Waals surface area contributed by atoms with Crippen molar-refractivity contribution in [3.05, 3.63) is 36.5 Å². The number of hydrogen-bond donors (Lipinski definition) is 2. The van der Waals surface area contributed by atoms with Crippen molar-refractivity contribution in [1.82, 2.24) is 0 Å². The van der Waals surface area contributed by atoms with E-state index in [0.717, 1.165) is 44.9 Å². The second-order valence-corrected chi connectivity index (χ2v) is 8.36. The minimum atomic E-state index is -0.569. The molecule has 2 aliphatic carbocycles. The fourth-order valence-electron chi connectivity index (χ4n) is 3.99. The molecule has 0 aromatic heterocycles. The number of aliphatic hydroxyl groups excluding tert-OH is 1. The zero-order valence-corrected chi connectivity index (χ0v) is 17.2. The molecule has 0 bridgehead atoms. The van der Waals surface area contributed by atoms with Gasteiger partial charge in [-0.2, -0.15) is 0 Å². The molecule has 2 aliphatic rings. The minimum Gasteiger partial charge on any atom is -0.389 e. The molecule has 0 amide bonds. The third-order valence-corrected chi connectivity index (χ3v) is 6.00. The molecule has 4 heteroatoms. The van der Waals surface area contributed by atoms with Crippen LogP contribution in [0.15, 0.2) is 36.5 Å². The van der Waals surface area contributed by atoms with Crippen molar-refractivity contribution in [3.63, 3.8) is 0 Å². The fraction of sp³-hybridized carbons (Fsp3) is 0.667. The molecule has 0 aromatic carbocycles. The maximum Gasteiger partial charge on any atom is 0.159 e. The van der Waals surface area contributed by atoms with E-state index in [0.29, 0.717) is 25.2 Å². The molecule has 0 spiro atoms. The topological polar surface area (TPSA) is 74.6 Å². The van der Waals surface area contributed by atoms with Crippen LogP contribution in [0.1, 0.15) is 71.1 Å². The molecule has 1 saturated carbocycles. The maximum absolute atomic E-state index is 12.2. The predicted octanol–water partition coefficient (Wildman–Crippen LogP) is 4.31. The van der Waals surface area contributed by atoms with Crippen LogP contribution in [0.25, 0.3) is 0 Å². The highest BCUT2D eigenvalue weighted by Crippen LogP contribution is 2.44. The Morgan fingerprint density at radius 1 is 1.25 bits per heavy atom. The Hall–Kier alpha value is -1.52. The van der Waals surface area contributed by atoms with E-state index in [1.807, 2.05) is 18.2 Å². The zero-order chi connectivity index (χ0) is 20.4. The van der Waals surface area contributed by atoms with Crippen LogP contribution in [0.2, 0.25) is 0 Å².